The van der Waals surface area contributed by atoms with E-state index in [9.17, 15) is 10.2 Å². The predicted octanol–water partition coefficient (Wildman–Crippen LogP) is 3.36. The van der Waals surface area contributed by atoms with Crippen LogP contribution in [0, 0.1) is 0 Å². The summed E-state index contributed by atoms with van der Waals surface area (Å²) >= 11 is 0. The molecule has 4 N–H and O–H groups in total. The molecule has 0 saturated heterocycles. The van der Waals surface area contributed by atoms with E-state index >= 15 is 0 Å². The third-order valence-corrected chi connectivity index (χ3v) is 5.16. The Morgan fingerprint density at radius 1 is 1.07 bits per heavy atom. The highest BCUT2D eigenvalue weighted by molar-refractivity contribution is 5.37. The molecule has 0 aliphatic heterocycles. The van der Waals surface area contributed by atoms with Crippen LogP contribution in [-0.4, -0.2) is 34.9 Å². The lowest BCUT2D eigenvalue weighted by Crippen LogP contribution is -2.37. The molecular formula is C23H28N2O3. The Kier molecular flexibility index (Phi) is 6.52. The van der Waals surface area contributed by atoms with Gasteiger partial charge in [0.05, 0.1) is 18.9 Å². The number of benzene rings is 2. The zero-order valence-electron chi connectivity index (χ0n) is 16.3. The van der Waals surface area contributed by atoms with Crippen LogP contribution in [0.2, 0.25) is 0 Å². The molecule has 3 atom stereocenters. The van der Waals surface area contributed by atoms with E-state index in [4.69, 9.17) is 4.74 Å². The Bertz CT molecular complexity index is 851. The third-order valence-electron chi connectivity index (χ3n) is 5.16. The van der Waals surface area contributed by atoms with Crippen LogP contribution in [-0.2, 0) is 5.60 Å². The quantitative estimate of drug-likeness (QED) is 0.459. The molecule has 0 radical (unpaired) electrons. The smallest absolute Gasteiger partial charge is 0.131 e. The maximum atomic E-state index is 11.5. The van der Waals surface area contributed by atoms with Gasteiger partial charge in [0.2, 0.25) is 0 Å². The van der Waals surface area contributed by atoms with Crippen molar-refractivity contribution in [3.63, 3.8) is 0 Å². The number of aliphatic hydroxyl groups is 2. The lowest BCUT2D eigenvalue weighted by Gasteiger charge is -2.30. The Balaban J connectivity index is 1.72. The van der Waals surface area contributed by atoms with Gasteiger partial charge in [-0.2, -0.15) is 0 Å². The number of aromatic amines is 1. The molecule has 5 heteroatoms. The molecule has 1 aromatic heterocycles. The van der Waals surface area contributed by atoms with Crippen LogP contribution in [0.15, 0.2) is 72.9 Å². The van der Waals surface area contributed by atoms with Crippen molar-refractivity contribution in [2.24, 2.45) is 0 Å². The summed E-state index contributed by atoms with van der Waals surface area (Å²) in [6.45, 7) is 2.47. The first-order valence-electron chi connectivity index (χ1n) is 9.52. The molecule has 28 heavy (non-hydrogen) atoms. The van der Waals surface area contributed by atoms with Gasteiger partial charge in [0.15, 0.2) is 0 Å². The van der Waals surface area contributed by atoms with Gasteiger partial charge in [-0.1, -0.05) is 42.5 Å². The number of aliphatic hydroxyl groups excluding tert-OH is 1. The molecule has 0 fully saturated rings. The first-order chi connectivity index (χ1) is 13.5. The van der Waals surface area contributed by atoms with Gasteiger partial charge < -0.3 is 25.3 Å². The van der Waals surface area contributed by atoms with Crippen LogP contribution in [0.25, 0.3) is 0 Å². The number of hydrogen-bond donors (Lipinski definition) is 4. The van der Waals surface area contributed by atoms with Crippen molar-refractivity contribution >= 4 is 0 Å². The third kappa shape index (κ3) is 4.44. The van der Waals surface area contributed by atoms with E-state index in [0.717, 1.165) is 16.8 Å². The van der Waals surface area contributed by atoms with E-state index in [1.54, 1.807) is 13.3 Å². The van der Waals surface area contributed by atoms with Gasteiger partial charge in [-0.05, 0) is 55.3 Å². The Morgan fingerprint density at radius 3 is 2.54 bits per heavy atom. The zero-order valence-corrected chi connectivity index (χ0v) is 16.3. The molecule has 5 nitrogen and oxygen atoms in total. The fraction of sp³-hybridized carbons (Fsp3) is 0.304. The highest BCUT2D eigenvalue weighted by Crippen LogP contribution is 2.33. The molecule has 1 heterocycles. The summed E-state index contributed by atoms with van der Waals surface area (Å²) < 4.78 is 5.32. The minimum absolute atomic E-state index is 0.152. The number of nitrogens with one attached hydrogen (secondary N) is 2. The van der Waals surface area contributed by atoms with E-state index in [-0.39, 0.29) is 6.04 Å². The summed E-state index contributed by atoms with van der Waals surface area (Å²) in [6, 6.07) is 20.6. The van der Waals surface area contributed by atoms with Gasteiger partial charge >= 0.3 is 0 Å². The number of rotatable bonds is 9. The second-order valence-electron chi connectivity index (χ2n) is 7.02. The maximum Gasteiger partial charge on any atom is 0.131 e. The molecule has 0 spiro atoms. The van der Waals surface area contributed by atoms with Crippen LogP contribution in [0.5, 0.6) is 5.75 Å². The zero-order chi connectivity index (χ0) is 20.0. The molecule has 3 aromatic rings. The van der Waals surface area contributed by atoms with Crippen LogP contribution >= 0.6 is 0 Å². The van der Waals surface area contributed by atoms with Gasteiger partial charge in [-0.25, -0.2) is 0 Å². The van der Waals surface area contributed by atoms with Gasteiger partial charge in [0.1, 0.15) is 11.4 Å². The van der Waals surface area contributed by atoms with Crippen LogP contribution in [0.4, 0.5) is 0 Å². The van der Waals surface area contributed by atoms with E-state index < -0.39 is 11.7 Å². The lowest BCUT2D eigenvalue weighted by molar-refractivity contribution is 0.0625. The number of methoxy groups -OCH3 is 1. The molecular weight excluding hydrogens is 352 g/mol. The van der Waals surface area contributed by atoms with Gasteiger partial charge in [0, 0.05) is 12.2 Å². The minimum Gasteiger partial charge on any atom is -0.497 e. The van der Waals surface area contributed by atoms with Gasteiger partial charge in [-0.15, -0.1) is 0 Å². The first kappa shape index (κ1) is 20.1. The Hall–Kier alpha value is -2.60. The van der Waals surface area contributed by atoms with Crippen molar-refractivity contribution in [1.82, 2.24) is 10.3 Å². The summed E-state index contributed by atoms with van der Waals surface area (Å²) in [5.74, 6) is 0.698. The van der Waals surface area contributed by atoms with Crippen molar-refractivity contribution in [2.45, 2.75) is 31.1 Å². The van der Waals surface area contributed by atoms with E-state index in [0.29, 0.717) is 18.7 Å². The summed E-state index contributed by atoms with van der Waals surface area (Å²) in [4.78, 5) is 3.13. The van der Waals surface area contributed by atoms with Gasteiger partial charge in [0.25, 0.3) is 0 Å². The first-order valence-corrected chi connectivity index (χ1v) is 9.52. The van der Waals surface area contributed by atoms with Crippen LogP contribution in [0.3, 0.4) is 0 Å². The van der Waals surface area contributed by atoms with Crippen LogP contribution < -0.4 is 10.1 Å². The SMILES string of the molecule is COc1cccc(C(O)(CCNC(C)C(O)c2ccccc2)c2ccc[nH]2)c1. The topological polar surface area (TPSA) is 77.5 Å². The minimum atomic E-state index is -1.19. The second-order valence-corrected chi connectivity index (χ2v) is 7.02. The molecule has 0 amide bonds. The summed E-state index contributed by atoms with van der Waals surface area (Å²) in [5.41, 5.74) is 1.16. The average Bonchev–Trinajstić information content (AvgIpc) is 3.29. The van der Waals surface area contributed by atoms with Gasteiger partial charge in [-0.3, -0.25) is 0 Å². The standard InChI is InChI=1S/C23H28N2O3/c1-17(22(26)18-8-4-3-5-9-18)24-15-13-23(27,21-12-7-14-25-21)19-10-6-11-20(16-19)28-2/h3-12,14,16-17,22,24-27H,13,15H2,1-2H3. The molecule has 0 aliphatic carbocycles. The largest absolute Gasteiger partial charge is 0.497 e. The highest BCUT2D eigenvalue weighted by atomic mass is 16.5. The maximum absolute atomic E-state index is 11.5. The normalized spacial score (nSPS) is 15.6. The van der Waals surface area contributed by atoms with Crippen molar-refractivity contribution in [3.05, 3.63) is 89.7 Å². The molecule has 148 valence electrons. The molecule has 2 aromatic carbocycles. The van der Waals surface area contributed by atoms with Crippen molar-refractivity contribution in [2.75, 3.05) is 13.7 Å². The van der Waals surface area contributed by atoms with Crippen molar-refractivity contribution in [1.29, 1.82) is 0 Å². The molecule has 3 unspecified atom stereocenters. The van der Waals surface area contributed by atoms with Crippen molar-refractivity contribution in [3.8, 4) is 5.75 Å². The summed E-state index contributed by atoms with van der Waals surface area (Å²) in [7, 11) is 1.61. The predicted molar refractivity (Wildman–Crippen MR) is 110 cm³/mol. The monoisotopic (exact) mass is 380 g/mol. The van der Waals surface area contributed by atoms with Crippen LogP contribution in [0.1, 0.15) is 36.3 Å². The fourth-order valence-electron chi connectivity index (χ4n) is 3.43. The number of ether oxygens (including phenoxy) is 1. The fourth-order valence-corrected chi connectivity index (χ4v) is 3.43. The van der Waals surface area contributed by atoms with Crippen molar-refractivity contribution < 1.29 is 14.9 Å². The Morgan fingerprint density at radius 2 is 1.86 bits per heavy atom. The average molecular weight is 380 g/mol. The number of aromatic nitrogens is 1. The molecule has 0 bridgehead atoms. The van der Waals surface area contributed by atoms with E-state index in [1.807, 2.05) is 73.7 Å². The van der Waals surface area contributed by atoms with E-state index in [1.165, 1.54) is 0 Å². The summed E-state index contributed by atoms with van der Waals surface area (Å²) in [5, 5.41) is 25.4. The van der Waals surface area contributed by atoms with E-state index in [2.05, 4.69) is 10.3 Å². The Labute approximate surface area is 166 Å². The number of hydrogen-bond acceptors (Lipinski definition) is 4. The lowest BCUT2D eigenvalue weighted by atomic mass is 9.87. The highest BCUT2D eigenvalue weighted by Gasteiger charge is 2.33. The summed E-state index contributed by atoms with van der Waals surface area (Å²) in [6.07, 6.45) is 1.62. The molecule has 0 aliphatic rings. The molecule has 0 saturated carbocycles. The molecule has 3 rings (SSSR count). The number of H-pyrrole nitrogens is 1. The second kappa shape index (κ2) is 9.06.